The molecule has 3 heterocycles. The zero-order valence-corrected chi connectivity index (χ0v) is 19.6. The highest BCUT2D eigenvalue weighted by atomic mass is 32.2. The Morgan fingerprint density at radius 3 is 2.74 bits per heavy atom. The third-order valence-electron chi connectivity index (χ3n) is 5.92. The molecule has 5 rings (SSSR count). The summed E-state index contributed by atoms with van der Waals surface area (Å²) < 4.78 is 34.0. The summed E-state index contributed by atoms with van der Waals surface area (Å²) in [6, 6.07) is 8.17. The number of aromatic nitrogens is 4. The second-order valence-corrected chi connectivity index (χ2v) is 10.2. The summed E-state index contributed by atoms with van der Waals surface area (Å²) in [5, 5.41) is 3.58. The predicted octanol–water partition coefficient (Wildman–Crippen LogP) is 2.24. The van der Waals surface area contributed by atoms with Crippen LogP contribution in [0.1, 0.15) is 19.8 Å². The summed E-state index contributed by atoms with van der Waals surface area (Å²) in [5.74, 6) is 0.715. The van der Waals surface area contributed by atoms with Crippen LogP contribution in [0.15, 0.2) is 46.3 Å². The molecule has 0 atom stereocenters. The molecule has 0 aliphatic carbocycles. The number of ether oxygens (including phenoxy) is 1. The Morgan fingerprint density at radius 2 is 1.94 bits per heavy atom. The van der Waals surface area contributed by atoms with E-state index >= 15 is 0 Å². The van der Waals surface area contributed by atoms with Crippen molar-refractivity contribution in [1.29, 1.82) is 0 Å². The summed E-state index contributed by atoms with van der Waals surface area (Å²) >= 11 is 0. The molecule has 0 amide bonds. The Hall–Kier alpha value is -3.28. The number of sulfonamides is 1. The molecule has 2 aromatic heterocycles. The van der Waals surface area contributed by atoms with Crippen molar-refractivity contribution in [2.45, 2.75) is 24.7 Å². The van der Waals surface area contributed by atoms with Crippen LogP contribution in [0.2, 0.25) is 0 Å². The molecule has 1 aliphatic rings. The molecule has 10 nitrogen and oxygen atoms in total. The van der Waals surface area contributed by atoms with E-state index in [2.05, 4.69) is 32.2 Å². The van der Waals surface area contributed by atoms with Crippen LogP contribution in [-0.2, 0) is 10.0 Å². The monoisotopic (exact) mass is 482 g/mol. The molecule has 0 radical (unpaired) electrons. The first-order chi connectivity index (χ1) is 16.5. The molecule has 1 fully saturated rings. The summed E-state index contributed by atoms with van der Waals surface area (Å²) in [6.07, 6.45) is 3.36. The van der Waals surface area contributed by atoms with Crippen LogP contribution in [0, 0.1) is 0 Å². The second kappa shape index (κ2) is 9.16. The number of hydrogen-bond acceptors (Lipinski definition) is 7. The van der Waals surface area contributed by atoms with E-state index < -0.39 is 10.0 Å². The lowest BCUT2D eigenvalue weighted by Gasteiger charge is -2.27. The van der Waals surface area contributed by atoms with Gasteiger partial charge in [-0.3, -0.25) is 4.79 Å². The van der Waals surface area contributed by atoms with E-state index in [4.69, 9.17) is 4.74 Å². The summed E-state index contributed by atoms with van der Waals surface area (Å²) in [4.78, 5) is 27.8. The number of benzene rings is 2. The lowest BCUT2D eigenvalue weighted by atomic mass is 10.1. The van der Waals surface area contributed by atoms with Gasteiger partial charge in [-0.05, 0) is 36.8 Å². The minimum atomic E-state index is -3.70. The second-order valence-electron chi connectivity index (χ2n) is 8.22. The summed E-state index contributed by atoms with van der Waals surface area (Å²) in [5.41, 5.74) is 1.99. The van der Waals surface area contributed by atoms with Crippen LogP contribution in [0.25, 0.3) is 33.3 Å². The highest BCUT2D eigenvalue weighted by Crippen LogP contribution is 2.32. The van der Waals surface area contributed by atoms with Crippen molar-refractivity contribution in [2.75, 3.05) is 32.8 Å². The number of H-pyrrole nitrogens is 2. The van der Waals surface area contributed by atoms with Gasteiger partial charge in [0.05, 0.1) is 45.3 Å². The molecule has 1 aliphatic heterocycles. The largest absolute Gasteiger partial charge is 0.493 e. The average molecular weight is 483 g/mol. The van der Waals surface area contributed by atoms with E-state index in [0.717, 1.165) is 18.4 Å². The van der Waals surface area contributed by atoms with Crippen molar-refractivity contribution in [3.8, 4) is 17.1 Å². The standard InChI is InChI=1S/C23H26N6O4S/c1-2-3-10-33-21-5-4-15(34(31,32)29-8-6-24-7-9-29)11-17(21)22-27-18-13-20-19(25-14-26-20)12-16(18)23(30)28-22/h4-5,11-14,24H,2-3,6-10H2,1H3,(H,25,26)(H,27,28,30). The highest BCUT2D eigenvalue weighted by Gasteiger charge is 2.27. The van der Waals surface area contributed by atoms with Crippen molar-refractivity contribution in [3.63, 3.8) is 0 Å². The number of rotatable bonds is 7. The van der Waals surface area contributed by atoms with Crippen LogP contribution in [0.4, 0.5) is 0 Å². The number of piperazine rings is 1. The topological polar surface area (TPSA) is 133 Å². The van der Waals surface area contributed by atoms with Gasteiger partial charge in [0.25, 0.3) is 5.56 Å². The lowest BCUT2D eigenvalue weighted by Crippen LogP contribution is -2.46. The van der Waals surface area contributed by atoms with Gasteiger partial charge in [0.15, 0.2) is 0 Å². The number of hydrogen-bond donors (Lipinski definition) is 3. The smallest absolute Gasteiger partial charge is 0.259 e. The van der Waals surface area contributed by atoms with Gasteiger partial charge in [-0.25, -0.2) is 18.4 Å². The molecule has 0 bridgehead atoms. The quantitative estimate of drug-likeness (QED) is 0.344. The van der Waals surface area contributed by atoms with E-state index in [0.29, 0.717) is 60.5 Å². The average Bonchev–Trinajstić information content (AvgIpc) is 3.31. The molecule has 178 valence electrons. The van der Waals surface area contributed by atoms with Crippen molar-refractivity contribution in [1.82, 2.24) is 29.6 Å². The lowest BCUT2D eigenvalue weighted by molar-refractivity contribution is 0.310. The number of unbranched alkanes of at least 4 members (excludes halogenated alkanes) is 1. The van der Waals surface area contributed by atoms with Gasteiger partial charge in [-0.15, -0.1) is 0 Å². The molecule has 0 unspecified atom stereocenters. The third-order valence-corrected chi connectivity index (χ3v) is 7.82. The van der Waals surface area contributed by atoms with E-state index in [1.54, 1.807) is 30.6 Å². The minimum absolute atomic E-state index is 0.137. The van der Waals surface area contributed by atoms with Gasteiger partial charge in [0.1, 0.15) is 11.6 Å². The number of imidazole rings is 1. The first-order valence-corrected chi connectivity index (χ1v) is 12.8. The predicted molar refractivity (Wildman–Crippen MR) is 129 cm³/mol. The van der Waals surface area contributed by atoms with Crippen LogP contribution in [0.3, 0.4) is 0 Å². The number of fused-ring (bicyclic) bond motifs is 2. The third kappa shape index (κ3) is 4.17. The van der Waals surface area contributed by atoms with Crippen LogP contribution in [-0.4, -0.2) is 65.4 Å². The number of aromatic amines is 2. The van der Waals surface area contributed by atoms with Crippen molar-refractivity contribution < 1.29 is 13.2 Å². The number of nitrogens with zero attached hydrogens (tertiary/aromatic N) is 3. The van der Waals surface area contributed by atoms with Gasteiger partial charge in [0.2, 0.25) is 10.0 Å². The van der Waals surface area contributed by atoms with Crippen molar-refractivity contribution >= 4 is 32.0 Å². The van der Waals surface area contributed by atoms with Crippen molar-refractivity contribution in [3.05, 3.63) is 47.0 Å². The fourth-order valence-electron chi connectivity index (χ4n) is 4.04. The Morgan fingerprint density at radius 1 is 1.12 bits per heavy atom. The Bertz CT molecular complexity index is 1510. The maximum absolute atomic E-state index is 13.3. The first kappa shape index (κ1) is 22.5. The molecule has 34 heavy (non-hydrogen) atoms. The minimum Gasteiger partial charge on any atom is -0.493 e. The molecule has 0 saturated carbocycles. The fourth-order valence-corrected chi connectivity index (χ4v) is 5.51. The van der Waals surface area contributed by atoms with E-state index in [9.17, 15) is 13.2 Å². The van der Waals surface area contributed by atoms with Crippen LogP contribution < -0.4 is 15.6 Å². The zero-order valence-electron chi connectivity index (χ0n) is 18.8. The molecule has 1 saturated heterocycles. The molecule has 3 N–H and O–H groups in total. The molecule has 4 aromatic rings. The Balaban J connectivity index is 1.64. The molecule has 0 spiro atoms. The molecule has 2 aromatic carbocycles. The fraction of sp³-hybridized carbons (Fsp3) is 0.348. The van der Waals surface area contributed by atoms with Crippen LogP contribution in [0.5, 0.6) is 5.75 Å². The zero-order chi connectivity index (χ0) is 23.7. The van der Waals surface area contributed by atoms with Crippen LogP contribution >= 0.6 is 0 Å². The summed E-state index contributed by atoms with van der Waals surface area (Å²) in [6.45, 7) is 4.54. The number of nitrogens with one attached hydrogen (secondary N) is 3. The van der Waals surface area contributed by atoms with Gasteiger partial charge in [-0.1, -0.05) is 13.3 Å². The Labute approximate surface area is 196 Å². The van der Waals surface area contributed by atoms with Crippen molar-refractivity contribution in [2.24, 2.45) is 0 Å². The van der Waals surface area contributed by atoms with E-state index in [1.807, 2.05) is 0 Å². The molecule has 11 heteroatoms. The Kier molecular flexibility index (Phi) is 6.07. The maximum Gasteiger partial charge on any atom is 0.259 e. The van der Waals surface area contributed by atoms with Gasteiger partial charge in [-0.2, -0.15) is 4.31 Å². The SMILES string of the molecule is CCCCOc1ccc(S(=O)(=O)N2CCNCC2)cc1-c1nc2cc3nc[nH]c3cc2c(=O)[nH]1. The van der Waals surface area contributed by atoms with Gasteiger partial charge in [0, 0.05) is 26.2 Å². The van der Waals surface area contributed by atoms with E-state index in [-0.39, 0.29) is 16.3 Å². The van der Waals surface area contributed by atoms with E-state index in [1.165, 1.54) is 10.4 Å². The highest BCUT2D eigenvalue weighted by molar-refractivity contribution is 7.89. The summed E-state index contributed by atoms with van der Waals surface area (Å²) in [7, 11) is -3.70. The maximum atomic E-state index is 13.3. The normalized spacial score (nSPS) is 15.2. The first-order valence-electron chi connectivity index (χ1n) is 11.3. The van der Waals surface area contributed by atoms with Gasteiger partial charge >= 0.3 is 0 Å². The molecular weight excluding hydrogens is 456 g/mol. The molecular formula is C23H26N6O4S. The van der Waals surface area contributed by atoms with Gasteiger partial charge < -0.3 is 20.0 Å².